The van der Waals surface area contributed by atoms with Gasteiger partial charge in [-0.05, 0) is 12.1 Å². The topological polar surface area (TPSA) is 47.9 Å². The fraction of sp³-hybridized carbons (Fsp3) is 0.667. The summed E-state index contributed by atoms with van der Waals surface area (Å²) in [7, 11) is 0. The van der Waals surface area contributed by atoms with Crippen LogP contribution in [-0.4, -0.2) is 24.7 Å². The number of alkyl halides is 3. The maximum atomic E-state index is 11.5. The van der Waals surface area contributed by atoms with Gasteiger partial charge in [-0.1, -0.05) is 0 Å². The van der Waals surface area contributed by atoms with Gasteiger partial charge in [0.25, 0.3) is 0 Å². The van der Waals surface area contributed by atoms with Gasteiger partial charge in [0.15, 0.2) is 0 Å². The van der Waals surface area contributed by atoms with Crippen LogP contribution in [0.25, 0.3) is 0 Å². The second-order valence-electron chi connectivity index (χ2n) is 1.92. The van der Waals surface area contributed by atoms with Crippen molar-refractivity contribution in [3.05, 3.63) is 0 Å². The number of hydrogen-bond acceptors (Lipinski definition) is 4. The van der Waals surface area contributed by atoms with Crippen molar-refractivity contribution in [1.29, 1.82) is 0 Å². The van der Waals surface area contributed by atoms with Crippen LogP contribution in [0.2, 0.25) is 0 Å². The fourth-order valence-corrected chi connectivity index (χ4v) is 0.393. The molecule has 0 aromatic carbocycles. The van der Waals surface area contributed by atoms with Crippen molar-refractivity contribution in [3.8, 4) is 0 Å². The lowest BCUT2D eigenvalue weighted by Crippen LogP contribution is -2.24. The minimum atomic E-state index is -5.03. The van der Waals surface area contributed by atoms with E-state index in [0.29, 0.717) is 0 Å². The zero-order valence-electron chi connectivity index (χ0n) is 7.01. The van der Waals surface area contributed by atoms with E-state index >= 15 is 0 Å². The molecule has 0 atom stereocenters. The summed E-state index contributed by atoms with van der Waals surface area (Å²) in [4.78, 5) is 13.6. The Morgan fingerprint density at radius 3 is 2.38 bits per heavy atom. The smallest absolute Gasteiger partial charge is 0.479 e. The molecule has 7 heteroatoms. The van der Waals surface area contributed by atoms with E-state index in [0.717, 1.165) is 0 Å². The quantitative estimate of drug-likeness (QED) is 0.293. The zero-order chi connectivity index (χ0) is 10.5. The first-order chi connectivity index (χ1) is 5.88. The molecule has 0 N–H and O–H groups in total. The Balaban J connectivity index is 4.02. The van der Waals surface area contributed by atoms with E-state index in [2.05, 4.69) is 14.7 Å². The number of ether oxygens (including phenoxy) is 1. The molecule has 0 amide bonds. The van der Waals surface area contributed by atoms with Gasteiger partial charge >= 0.3 is 12.1 Å². The lowest BCUT2D eigenvalue weighted by Gasteiger charge is -2.02. The first-order valence-electron chi connectivity index (χ1n) is 3.33. The number of hydrogen-bond donors (Lipinski definition) is 0. The molecule has 4 nitrogen and oxygen atoms in total. The molecule has 0 aromatic rings. The lowest BCUT2D eigenvalue weighted by atomic mass is 10.7. The van der Waals surface area contributed by atoms with Crippen LogP contribution in [0.4, 0.5) is 13.2 Å². The van der Waals surface area contributed by atoms with Crippen molar-refractivity contribution in [1.82, 2.24) is 0 Å². The minimum absolute atomic E-state index is 0.139. The van der Waals surface area contributed by atoms with Crippen LogP contribution in [0.1, 0.15) is 13.8 Å². The van der Waals surface area contributed by atoms with Crippen molar-refractivity contribution in [2.75, 3.05) is 6.61 Å². The summed E-state index contributed by atoms with van der Waals surface area (Å²) < 4.78 is 39.1. The van der Waals surface area contributed by atoms with E-state index in [9.17, 15) is 18.0 Å². The zero-order valence-corrected chi connectivity index (χ0v) is 7.01. The number of oxime groups is 1. The molecule has 0 unspecified atom stereocenters. The van der Waals surface area contributed by atoms with Crippen molar-refractivity contribution >= 4 is 11.9 Å². The molecule has 0 saturated carbocycles. The Morgan fingerprint density at radius 1 is 1.46 bits per heavy atom. The lowest BCUT2D eigenvalue weighted by molar-refractivity contribution is -0.199. The molecule has 0 spiro atoms. The Labute approximate surface area is 72.3 Å². The third-order valence-electron chi connectivity index (χ3n) is 0.842. The molecule has 0 aromatic heterocycles. The van der Waals surface area contributed by atoms with E-state index in [1.165, 1.54) is 6.92 Å². The predicted octanol–water partition coefficient (Wildman–Crippen LogP) is 1.46. The van der Waals surface area contributed by atoms with Gasteiger partial charge in [0.1, 0.15) is 0 Å². The molecular formula is C6H8F3NO3. The maximum absolute atomic E-state index is 11.5. The first kappa shape index (κ1) is 11.7. The van der Waals surface area contributed by atoms with Gasteiger partial charge in [-0.3, -0.25) is 0 Å². The molecule has 13 heavy (non-hydrogen) atoms. The van der Waals surface area contributed by atoms with Crippen LogP contribution in [0.15, 0.2) is 5.16 Å². The molecule has 0 aliphatic heterocycles. The summed E-state index contributed by atoms with van der Waals surface area (Å²) in [5.41, 5.74) is 0. The van der Waals surface area contributed by atoms with Crippen LogP contribution >= 0.6 is 0 Å². The van der Waals surface area contributed by atoms with Gasteiger partial charge in [0.2, 0.25) is 5.90 Å². The Hall–Kier alpha value is -1.27. The van der Waals surface area contributed by atoms with E-state index in [1.54, 1.807) is 6.92 Å². The third kappa shape index (κ3) is 5.05. The van der Waals surface area contributed by atoms with E-state index in [1.807, 2.05) is 0 Å². The summed E-state index contributed by atoms with van der Waals surface area (Å²) in [6, 6.07) is 0. The summed E-state index contributed by atoms with van der Waals surface area (Å²) in [6.07, 6.45) is -5.03. The molecule has 76 valence electrons. The second-order valence-corrected chi connectivity index (χ2v) is 1.92. The highest BCUT2D eigenvalue weighted by Crippen LogP contribution is 2.16. The molecule has 0 heterocycles. The molecule has 0 aliphatic rings. The largest absolute Gasteiger partial charge is 0.493 e. The summed E-state index contributed by atoms with van der Waals surface area (Å²) in [6.45, 7) is 3.12. The van der Waals surface area contributed by atoms with Crippen molar-refractivity contribution < 1.29 is 27.5 Å². The van der Waals surface area contributed by atoms with Crippen LogP contribution in [0, 0.1) is 0 Å². The van der Waals surface area contributed by atoms with Gasteiger partial charge < -0.3 is 9.57 Å². The number of carbonyl (C=O) groups is 1. The molecule has 0 bridgehead atoms. The second kappa shape index (κ2) is 4.68. The Kier molecular flexibility index (Phi) is 4.22. The Bertz CT molecular complexity index is 212. The van der Waals surface area contributed by atoms with Crippen LogP contribution in [-0.2, 0) is 14.4 Å². The minimum Gasteiger partial charge on any atom is -0.479 e. The van der Waals surface area contributed by atoms with E-state index in [4.69, 9.17) is 0 Å². The van der Waals surface area contributed by atoms with Crippen molar-refractivity contribution in [3.63, 3.8) is 0 Å². The van der Waals surface area contributed by atoms with E-state index < -0.39 is 12.1 Å². The molecular weight excluding hydrogens is 191 g/mol. The predicted molar refractivity (Wildman–Crippen MR) is 36.9 cm³/mol. The van der Waals surface area contributed by atoms with Gasteiger partial charge in [0, 0.05) is 6.92 Å². The highest BCUT2D eigenvalue weighted by molar-refractivity contribution is 5.78. The summed E-state index contributed by atoms with van der Waals surface area (Å²) in [5.74, 6) is -2.51. The van der Waals surface area contributed by atoms with Crippen LogP contribution in [0.5, 0.6) is 0 Å². The monoisotopic (exact) mass is 199 g/mol. The molecule has 0 radical (unpaired) electrons. The maximum Gasteiger partial charge on any atom is 0.493 e. The van der Waals surface area contributed by atoms with Crippen molar-refractivity contribution in [2.24, 2.45) is 5.16 Å². The highest BCUT2D eigenvalue weighted by Gasteiger charge is 2.41. The van der Waals surface area contributed by atoms with Gasteiger partial charge in [-0.15, -0.1) is 0 Å². The van der Waals surface area contributed by atoms with Gasteiger partial charge in [0.05, 0.1) is 6.61 Å². The molecule has 0 saturated heterocycles. The highest BCUT2D eigenvalue weighted by atomic mass is 19.4. The standard InChI is InChI=1S/C6H8F3NO3/c1-3-12-4(2)10-13-5(11)6(7,8)9/h3H2,1-2H3. The van der Waals surface area contributed by atoms with Crippen LogP contribution < -0.4 is 0 Å². The fourth-order valence-electron chi connectivity index (χ4n) is 0.393. The van der Waals surface area contributed by atoms with Gasteiger partial charge in [-0.25, -0.2) is 4.79 Å². The first-order valence-corrected chi connectivity index (χ1v) is 3.33. The SMILES string of the molecule is CCOC(C)=NOC(=O)C(F)(F)F. The average molecular weight is 199 g/mol. The molecule has 0 rings (SSSR count). The number of carbonyl (C=O) groups excluding carboxylic acids is 1. The average Bonchev–Trinajstić information content (AvgIpc) is 1.99. The summed E-state index contributed by atoms with van der Waals surface area (Å²) >= 11 is 0. The van der Waals surface area contributed by atoms with Crippen LogP contribution in [0.3, 0.4) is 0 Å². The molecule has 0 aliphatic carbocycles. The summed E-state index contributed by atoms with van der Waals surface area (Å²) in [5, 5.41) is 2.81. The normalized spacial score (nSPS) is 12.5. The van der Waals surface area contributed by atoms with Crippen molar-refractivity contribution in [2.45, 2.75) is 20.0 Å². The molecule has 0 fully saturated rings. The number of rotatable bonds is 2. The number of halogens is 3. The third-order valence-corrected chi connectivity index (χ3v) is 0.842. The van der Waals surface area contributed by atoms with Gasteiger partial charge in [-0.2, -0.15) is 13.2 Å². The Morgan fingerprint density at radius 2 is 2.00 bits per heavy atom. The van der Waals surface area contributed by atoms with E-state index in [-0.39, 0.29) is 12.5 Å². The number of nitrogens with zero attached hydrogens (tertiary/aromatic N) is 1.